The molecule has 3 N–H and O–H groups in total. The van der Waals surface area contributed by atoms with E-state index in [1.165, 1.54) is 25.1 Å². The van der Waals surface area contributed by atoms with Crippen molar-refractivity contribution in [1.82, 2.24) is 0 Å². The van der Waals surface area contributed by atoms with Crippen LogP contribution in [0.3, 0.4) is 0 Å². The standard InChI is InChI=1S/C23H23N3O7S/c1-13(11-19(23(30)31)14(2)22(28)29)15-3-5-16(6-4-15)20(27)10-8-17-7-9-18(25-26-24)12-21(17)34-33-32/h3-10,12-14,19,32H,11H2,1-2H3,(H,28,29)(H,30,31). The molecule has 0 fully saturated rings. The summed E-state index contributed by atoms with van der Waals surface area (Å²) in [6.45, 7) is 3.19. The van der Waals surface area contributed by atoms with Crippen LogP contribution in [0.25, 0.3) is 16.5 Å². The number of benzene rings is 2. The lowest BCUT2D eigenvalue weighted by Gasteiger charge is -2.21. The second-order valence-corrected chi connectivity index (χ2v) is 8.35. The largest absolute Gasteiger partial charge is 0.481 e. The number of rotatable bonds is 12. The second-order valence-electron chi connectivity index (χ2n) is 7.60. The lowest BCUT2D eigenvalue weighted by Crippen LogP contribution is -2.28. The van der Waals surface area contributed by atoms with Crippen molar-refractivity contribution >= 4 is 41.5 Å². The second kappa shape index (κ2) is 12.6. The molecule has 0 aliphatic carbocycles. The fraction of sp³-hybridized carbons (Fsp3) is 0.261. The van der Waals surface area contributed by atoms with Gasteiger partial charge in [-0.15, -0.1) is 0 Å². The molecule has 0 amide bonds. The molecule has 10 nitrogen and oxygen atoms in total. The molecule has 0 spiro atoms. The van der Waals surface area contributed by atoms with E-state index >= 15 is 0 Å². The molecule has 0 heterocycles. The van der Waals surface area contributed by atoms with Crippen molar-refractivity contribution < 1.29 is 34.2 Å². The van der Waals surface area contributed by atoms with Crippen LogP contribution in [0.1, 0.15) is 47.7 Å². The van der Waals surface area contributed by atoms with E-state index in [0.29, 0.717) is 33.8 Å². The Morgan fingerprint density at radius 1 is 1.12 bits per heavy atom. The van der Waals surface area contributed by atoms with E-state index in [2.05, 4.69) is 14.4 Å². The van der Waals surface area contributed by atoms with Crippen LogP contribution in [0.15, 0.2) is 58.6 Å². The van der Waals surface area contributed by atoms with Gasteiger partial charge in [0.1, 0.15) is 0 Å². The van der Waals surface area contributed by atoms with Crippen LogP contribution >= 0.6 is 12.0 Å². The molecule has 178 valence electrons. The Bertz CT molecular complexity index is 1130. The third-order valence-corrected chi connectivity index (χ3v) is 5.99. The highest BCUT2D eigenvalue weighted by atomic mass is 32.2. The molecule has 11 heteroatoms. The normalized spacial score (nSPS) is 13.6. The van der Waals surface area contributed by atoms with Crippen LogP contribution in [0.2, 0.25) is 0 Å². The third-order valence-electron chi connectivity index (χ3n) is 5.38. The molecule has 0 radical (unpaired) electrons. The summed E-state index contributed by atoms with van der Waals surface area (Å²) < 4.78 is 4.09. The molecule has 0 saturated heterocycles. The number of nitrogens with zero attached hydrogens (tertiary/aromatic N) is 3. The first-order valence-corrected chi connectivity index (χ1v) is 10.9. The van der Waals surface area contributed by atoms with Crippen molar-refractivity contribution in [2.75, 3.05) is 0 Å². The van der Waals surface area contributed by atoms with Crippen molar-refractivity contribution in [3.05, 3.63) is 75.7 Å². The van der Waals surface area contributed by atoms with Crippen molar-refractivity contribution in [2.24, 2.45) is 17.0 Å². The van der Waals surface area contributed by atoms with Gasteiger partial charge in [0.25, 0.3) is 0 Å². The van der Waals surface area contributed by atoms with Crippen LogP contribution < -0.4 is 0 Å². The molecule has 0 saturated carbocycles. The molecule has 2 aromatic carbocycles. The van der Waals surface area contributed by atoms with Crippen LogP contribution in [0.4, 0.5) is 5.69 Å². The Labute approximate surface area is 199 Å². The number of carboxylic acids is 2. The topological polar surface area (TPSA) is 170 Å². The molecule has 2 aromatic rings. The van der Waals surface area contributed by atoms with Gasteiger partial charge in [-0.3, -0.25) is 14.4 Å². The highest BCUT2D eigenvalue weighted by Gasteiger charge is 2.31. The minimum atomic E-state index is -1.16. The van der Waals surface area contributed by atoms with Crippen LogP contribution in [-0.4, -0.2) is 33.2 Å². The van der Waals surface area contributed by atoms with Gasteiger partial charge in [0.15, 0.2) is 5.78 Å². The van der Waals surface area contributed by atoms with Gasteiger partial charge in [-0.05, 0) is 47.2 Å². The molecule has 0 aromatic heterocycles. The highest BCUT2D eigenvalue weighted by molar-refractivity contribution is 7.94. The monoisotopic (exact) mass is 485 g/mol. The Hall–Kier alpha value is -3.63. The predicted molar refractivity (Wildman–Crippen MR) is 126 cm³/mol. The zero-order valence-corrected chi connectivity index (χ0v) is 19.2. The molecule has 0 aliphatic rings. The summed E-state index contributed by atoms with van der Waals surface area (Å²) in [4.78, 5) is 38.4. The molecule has 2 rings (SSSR count). The minimum absolute atomic E-state index is 0.148. The first-order valence-electron chi connectivity index (χ1n) is 10.1. The van der Waals surface area contributed by atoms with E-state index in [9.17, 15) is 19.5 Å². The molecular formula is C23H23N3O7S. The number of carbonyl (C=O) groups excluding carboxylic acids is 1. The van der Waals surface area contributed by atoms with Crippen molar-refractivity contribution in [3.63, 3.8) is 0 Å². The molecule has 34 heavy (non-hydrogen) atoms. The zero-order chi connectivity index (χ0) is 25.3. The number of ketones is 1. The maximum Gasteiger partial charge on any atom is 0.307 e. The number of carbonyl (C=O) groups is 3. The number of allylic oxidation sites excluding steroid dienone is 1. The minimum Gasteiger partial charge on any atom is -0.481 e. The Morgan fingerprint density at radius 3 is 2.35 bits per heavy atom. The summed E-state index contributed by atoms with van der Waals surface area (Å²) in [7, 11) is 0. The van der Waals surface area contributed by atoms with Gasteiger partial charge in [-0.25, -0.2) is 5.26 Å². The van der Waals surface area contributed by atoms with E-state index in [4.69, 9.17) is 15.9 Å². The Balaban J connectivity index is 2.14. The van der Waals surface area contributed by atoms with Crippen molar-refractivity contribution in [3.8, 4) is 0 Å². The van der Waals surface area contributed by atoms with Crippen LogP contribution in [0, 0.1) is 11.8 Å². The maximum atomic E-state index is 12.6. The van der Waals surface area contributed by atoms with Crippen molar-refractivity contribution in [2.45, 2.75) is 31.1 Å². The van der Waals surface area contributed by atoms with E-state index < -0.39 is 23.8 Å². The number of hydrogen-bond donors (Lipinski definition) is 3. The Morgan fingerprint density at radius 2 is 1.79 bits per heavy atom. The first kappa shape index (κ1) is 26.6. The smallest absolute Gasteiger partial charge is 0.307 e. The number of carboxylic acid groups (broad SMARTS) is 2. The van der Waals surface area contributed by atoms with Gasteiger partial charge < -0.3 is 10.2 Å². The summed E-state index contributed by atoms with van der Waals surface area (Å²) >= 11 is 0.636. The van der Waals surface area contributed by atoms with Gasteiger partial charge in [0.2, 0.25) is 0 Å². The summed E-state index contributed by atoms with van der Waals surface area (Å²) in [6.07, 6.45) is 3.03. The van der Waals surface area contributed by atoms with Crippen LogP contribution in [0.5, 0.6) is 0 Å². The van der Waals surface area contributed by atoms with Gasteiger partial charge in [0, 0.05) is 21.1 Å². The van der Waals surface area contributed by atoms with Gasteiger partial charge >= 0.3 is 11.9 Å². The van der Waals surface area contributed by atoms with E-state index in [0.717, 1.165) is 5.56 Å². The quantitative estimate of drug-likeness (QED) is 0.0485. The number of azide groups is 1. The van der Waals surface area contributed by atoms with Gasteiger partial charge in [0.05, 0.1) is 23.9 Å². The van der Waals surface area contributed by atoms with Crippen LogP contribution in [-0.2, 0) is 13.9 Å². The van der Waals surface area contributed by atoms with Gasteiger partial charge in [-0.1, -0.05) is 55.4 Å². The number of hydrogen-bond acceptors (Lipinski definition) is 7. The summed E-state index contributed by atoms with van der Waals surface area (Å²) in [5, 5.41) is 30.8. The molecule has 0 bridgehead atoms. The maximum absolute atomic E-state index is 12.6. The number of aliphatic carboxylic acids is 2. The lowest BCUT2D eigenvalue weighted by atomic mass is 9.83. The summed E-state index contributed by atoms with van der Waals surface area (Å²) in [5.41, 5.74) is 10.6. The average Bonchev–Trinajstić information content (AvgIpc) is 2.81. The lowest BCUT2D eigenvalue weighted by molar-refractivity contribution is -0.153. The summed E-state index contributed by atoms with van der Waals surface area (Å²) in [6, 6.07) is 11.3. The first-order chi connectivity index (χ1) is 16.2. The molecule has 3 atom stereocenters. The Kier molecular flexibility index (Phi) is 9.84. The van der Waals surface area contributed by atoms with E-state index in [-0.39, 0.29) is 18.1 Å². The highest BCUT2D eigenvalue weighted by Crippen LogP contribution is 2.30. The SMILES string of the molecule is CC(CC(C(=O)O)C(C)C(=O)O)c1ccc(C(=O)C=Cc2ccc(N=[N+]=[N-])cc2SOO)cc1. The average molecular weight is 486 g/mol. The predicted octanol–water partition coefficient (Wildman–Crippen LogP) is 5.94. The third kappa shape index (κ3) is 7.19. The fourth-order valence-electron chi connectivity index (χ4n) is 3.33. The van der Waals surface area contributed by atoms with Gasteiger partial charge in [-0.2, -0.15) is 4.33 Å². The zero-order valence-electron chi connectivity index (χ0n) is 18.4. The molecular weight excluding hydrogens is 462 g/mol. The molecule has 3 unspecified atom stereocenters. The summed E-state index contributed by atoms with van der Waals surface area (Å²) in [5.74, 6) is -4.89. The molecule has 0 aliphatic heterocycles. The van der Waals surface area contributed by atoms with E-state index in [1.807, 2.05) is 6.92 Å². The van der Waals surface area contributed by atoms with Crippen molar-refractivity contribution in [1.29, 1.82) is 0 Å². The fourth-order valence-corrected chi connectivity index (χ4v) is 3.81. The van der Waals surface area contributed by atoms with E-state index in [1.54, 1.807) is 36.4 Å².